The van der Waals surface area contributed by atoms with Gasteiger partial charge in [-0.25, -0.2) is 9.37 Å². The molecule has 0 aliphatic rings. The van der Waals surface area contributed by atoms with E-state index in [1.165, 1.54) is 12.1 Å². The molecule has 130 valence electrons. The lowest BCUT2D eigenvalue weighted by Gasteiger charge is -2.05. The highest BCUT2D eigenvalue weighted by Crippen LogP contribution is 2.22. The Morgan fingerprint density at radius 1 is 1.32 bits per heavy atom. The van der Waals surface area contributed by atoms with Crippen LogP contribution in [-0.4, -0.2) is 20.7 Å². The van der Waals surface area contributed by atoms with Crippen molar-refractivity contribution in [2.75, 3.05) is 0 Å². The Morgan fingerprint density at radius 2 is 2.08 bits per heavy atom. The number of hydrogen-bond acceptors (Lipinski definition) is 3. The summed E-state index contributed by atoms with van der Waals surface area (Å²) in [6, 6.07) is 8.02. The molecule has 3 rings (SSSR count). The van der Waals surface area contributed by atoms with E-state index in [2.05, 4.69) is 23.9 Å². The molecule has 0 aliphatic heterocycles. The number of hydrogen-bond donors (Lipinski definition) is 1. The fourth-order valence-corrected chi connectivity index (χ4v) is 2.83. The quantitative estimate of drug-likeness (QED) is 0.755. The molecule has 5 nitrogen and oxygen atoms in total. The van der Waals surface area contributed by atoms with Crippen LogP contribution in [0.5, 0.6) is 0 Å². The maximum atomic E-state index is 13.7. The van der Waals surface area contributed by atoms with Gasteiger partial charge < -0.3 is 5.73 Å². The summed E-state index contributed by atoms with van der Waals surface area (Å²) in [5.41, 5.74) is 8.50. The number of amides is 1. The summed E-state index contributed by atoms with van der Waals surface area (Å²) in [5, 5.41) is 4.71. The molecule has 7 heteroatoms. The molecule has 2 heterocycles. The molecule has 0 atom stereocenters. The number of nitrogens with zero attached hydrogens (tertiary/aromatic N) is 3. The second kappa shape index (κ2) is 6.80. The summed E-state index contributed by atoms with van der Waals surface area (Å²) in [5.74, 6) is -0.671. The smallest absolute Gasteiger partial charge is 0.267 e. The van der Waals surface area contributed by atoms with Crippen LogP contribution in [-0.2, 0) is 13.0 Å². The minimum absolute atomic E-state index is 0.0855. The van der Waals surface area contributed by atoms with E-state index < -0.39 is 11.7 Å². The van der Waals surface area contributed by atoms with E-state index in [1.54, 1.807) is 22.9 Å². The summed E-state index contributed by atoms with van der Waals surface area (Å²) in [7, 11) is 0. The molecule has 2 aromatic heterocycles. The van der Waals surface area contributed by atoms with Crippen LogP contribution in [0, 0.1) is 11.7 Å². The number of halogens is 2. The normalized spacial score (nSPS) is 11.4. The first-order chi connectivity index (χ1) is 11.8. The van der Waals surface area contributed by atoms with Crippen molar-refractivity contribution in [1.29, 1.82) is 0 Å². The fourth-order valence-electron chi connectivity index (χ4n) is 2.71. The van der Waals surface area contributed by atoms with Gasteiger partial charge in [0.2, 0.25) is 0 Å². The lowest BCUT2D eigenvalue weighted by atomic mass is 10.1. The van der Waals surface area contributed by atoms with Crippen molar-refractivity contribution in [3.63, 3.8) is 0 Å². The van der Waals surface area contributed by atoms with Gasteiger partial charge in [0.05, 0.1) is 22.8 Å². The van der Waals surface area contributed by atoms with Gasteiger partial charge in [-0.05, 0) is 42.2 Å². The van der Waals surface area contributed by atoms with Crippen molar-refractivity contribution in [2.24, 2.45) is 11.7 Å². The number of benzene rings is 1. The molecule has 0 bridgehead atoms. The van der Waals surface area contributed by atoms with Gasteiger partial charge in [-0.2, -0.15) is 5.10 Å². The Labute approximate surface area is 149 Å². The number of nitrogens with two attached hydrogens (primary N) is 1. The van der Waals surface area contributed by atoms with Gasteiger partial charge in [0, 0.05) is 0 Å². The van der Waals surface area contributed by atoms with Gasteiger partial charge in [0.15, 0.2) is 0 Å². The predicted molar refractivity (Wildman–Crippen MR) is 95.1 cm³/mol. The first-order valence-electron chi connectivity index (χ1n) is 7.95. The molecule has 0 saturated heterocycles. The number of carbonyl (C=O) groups is 1. The number of pyridine rings is 1. The zero-order valence-corrected chi connectivity index (χ0v) is 14.7. The highest BCUT2D eigenvalue weighted by atomic mass is 35.5. The maximum Gasteiger partial charge on any atom is 0.267 e. The Bertz CT molecular complexity index is 952. The first-order valence-corrected chi connectivity index (χ1v) is 8.33. The largest absolute Gasteiger partial charge is 0.364 e. The third kappa shape index (κ3) is 3.64. The summed E-state index contributed by atoms with van der Waals surface area (Å²) >= 11 is 5.74. The van der Waals surface area contributed by atoms with E-state index in [0.717, 1.165) is 16.8 Å². The molecule has 0 fully saturated rings. The molecule has 0 saturated carbocycles. The molecule has 0 spiro atoms. The molecule has 1 aromatic carbocycles. The van der Waals surface area contributed by atoms with Gasteiger partial charge >= 0.3 is 0 Å². The van der Waals surface area contributed by atoms with Gasteiger partial charge in [0.25, 0.3) is 5.91 Å². The molecule has 3 aromatic rings. The minimum atomic E-state index is -0.579. The monoisotopic (exact) mass is 360 g/mol. The Morgan fingerprint density at radius 3 is 2.72 bits per heavy atom. The lowest BCUT2D eigenvalue weighted by Crippen LogP contribution is -2.13. The van der Waals surface area contributed by atoms with Gasteiger partial charge in [-0.1, -0.05) is 31.5 Å². The fraction of sp³-hybridized carbons (Fsp3) is 0.278. The second-order valence-electron chi connectivity index (χ2n) is 6.38. The molecule has 0 unspecified atom stereocenters. The standard InChI is InChI=1S/C18H18ClFN4O/c1-10(2)7-15-17-16(6-5-14(22-17)18(21)25)24(23-15)9-11-3-4-12(19)13(20)8-11/h3-6,8,10H,7,9H2,1-2H3,(H2,21,25). The van der Waals surface area contributed by atoms with E-state index in [1.807, 2.05) is 0 Å². The van der Waals surface area contributed by atoms with Crippen LogP contribution in [0.2, 0.25) is 5.02 Å². The van der Waals surface area contributed by atoms with Crippen molar-refractivity contribution in [1.82, 2.24) is 14.8 Å². The van der Waals surface area contributed by atoms with Crippen LogP contribution in [0.15, 0.2) is 30.3 Å². The van der Waals surface area contributed by atoms with E-state index in [-0.39, 0.29) is 10.7 Å². The Kier molecular flexibility index (Phi) is 4.72. The summed E-state index contributed by atoms with van der Waals surface area (Å²) in [6.07, 6.45) is 0.716. The maximum absolute atomic E-state index is 13.7. The first kappa shape index (κ1) is 17.4. The van der Waals surface area contributed by atoms with Crippen molar-refractivity contribution in [3.8, 4) is 0 Å². The number of primary amides is 1. The average molecular weight is 361 g/mol. The summed E-state index contributed by atoms with van der Waals surface area (Å²) < 4.78 is 15.4. The average Bonchev–Trinajstić information content (AvgIpc) is 2.87. The second-order valence-corrected chi connectivity index (χ2v) is 6.79. The van der Waals surface area contributed by atoms with Crippen molar-refractivity contribution < 1.29 is 9.18 Å². The number of aromatic nitrogens is 3. The van der Waals surface area contributed by atoms with Gasteiger partial charge in [-0.3, -0.25) is 9.48 Å². The number of carbonyl (C=O) groups excluding carboxylic acids is 1. The third-order valence-electron chi connectivity index (χ3n) is 3.84. The molecular weight excluding hydrogens is 343 g/mol. The highest BCUT2D eigenvalue weighted by Gasteiger charge is 2.16. The summed E-state index contributed by atoms with van der Waals surface area (Å²) in [4.78, 5) is 15.8. The van der Waals surface area contributed by atoms with Crippen molar-refractivity contribution in [3.05, 3.63) is 58.1 Å². The predicted octanol–water partition coefficient (Wildman–Crippen LogP) is 3.57. The molecule has 0 aliphatic carbocycles. The number of rotatable bonds is 5. The van der Waals surface area contributed by atoms with Crippen LogP contribution in [0.4, 0.5) is 4.39 Å². The van der Waals surface area contributed by atoms with Crippen molar-refractivity contribution in [2.45, 2.75) is 26.8 Å². The SMILES string of the molecule is CC(C)Cc1nn(Cc2ccc(Cl)c(F)c2)c2ccc(C(N)=O)nc12. The van der Waals surface area contributed by atoms with Crippen LogP contribution in [0.1, 0.15) is 35.6 Å². The van der Waals surface area contributed by atoms with Crippen LogP contribution < -0.4 is 5.73 Å². The van der Waals surface area contributed by atoms with E-state index in [9.17, 15) is 9.18 Å². The van der Waals surface area contributed by atoms with Crippen LogP contribution in [0.3, 0.4) is 0 Å². The topological polar surface area (TPSA) is 73.8 Å². The molecule has 0 radical (unpaired) electrons. The Hall–Kier alpha value is -2.47. The zero-order chi connectivity index (χ0) is 18.1. The van der Waals surface area contributed by atoms with Crippen LogP contribution in [0.25, 0.3) is 11.0 Å². The van der Waals surface area contributed by atoms with E-state index in [4.69, 9.17) is 17.3 Å². The van der Waals surface area contributed by atoms with Gasteiger partial charge in [0.1, 0.15) is 17.0 Å². The van der Waals surface area contributed by atoms with Gasteiger partial charge in [-0.15, -0.1) is 0 Å². The molecule has 1 amide bonds. The van der Waals surface area contributed by atoms with E-state index >= 15 is 0 Å². The lowest BCUT2D eigenvalue weighted by molar-refractivity contribution is 0.0996. The van der Waals surface area contributed by atoms with E-state index in [0.29, 0.717) is 24.4 Å². The molecule has 25 heavy (non-hydrogen) atoms. The number of fused-ring (bicyclic) bond motifs is 1. The summed E-state index contributed by atoms with van der Waals surface area (Å²) in [6.45, 7) is 4.54. The van der Waals surface area contributed by atoms with Crippen molar-refractivity contribution >= 4 is 28.5 Å². The highest BCUT2D eigenvalue weighted by molar-refractivity contribution is 6.30. The minimum Gasteiger partial charge on any atom is -0.364 e. The third-order valence-corrected chi connectivity index (χ3v) is 4.14. The zero-order valence-electron chi connectivity index (χ0n) is 14.0. The Balaban J connectivity index is 2.07. The molecule has 2 N–H and O–H groups in total. The molecular formula is C18H18ClFN4O. The van der Waals surface area contributed by atoms with Crippen LogP contribution >= 0.6 is 11.6 Å².